The molecule has 1 saturated heterocycles. The third kappa shape index (κ3) is 4.84. The van der Waals surface area contributed by atoms with E-state index in [1.807, 2.05) is 24.3 Å². The van der Waals surface area contributed by atoms with Crippen LogP contribution < -0.4 is 10.6 Å². The minimum atomic E-state index is -0.294. The van der Waals surface area contributed by atoms with Gasteiger partial charge in [0.1, 0.15) is 6.42 Å². The molecule has 0 bridgehead atoms. The molecule has 1 aromatic rings. The Bertz CT molecular complexity index is 522. The van der Waals surface area contributed by atoms with Crippen molar-refractivity contribution < 1.29 is 14.3 Å². The van der Waals surface area contributed by atoms with Gasteiger partial charge in [0.25, 0.3) is 0 Å². The molecule has 120 valence electrons. The molecule has 2 N–H and O–H groups in total. The van der Waals surface area contributed by atoms with Crippen LogP contribution in [0.2, 0.25) is 0 Å². The van der Waals surface area contributed by atoms with Gasteiger partial charge in [0, 0.05) is 18.8 Å². The Morgan fingerprint density at radius 3 is 2.73 bits per heavy atom. The Labute approximate surface area is 131 Å². The third-order valence-corrected chi connectivity index (χ3v) is 3.73. The Balaban J connectivity index is 1.81. The fourth-order valence-electron chi connectivity index (χ4n) is 2.55. The summed E-state index contributed by atoms with van der Waals surface area (Å²) in [7, 11) is 0. The van der Waals surface area contributed by atoms with Crippen molar-refractivity contribution in [2.24, 2.45) is 0 Å². The molecule has 1 aromatic carbocycles. The first-order valence-corrected chi connectivity index (χ1v) is 7.83. The van der Waals surface area contributed by atoms with E-state index in [4.69, 9.17) is 4.74 Å². The quantitative estimate of drug-likeness (QED) is 0.793. The molecule has 22 heavy (non-hydrogen) atoms. The van der Waals surface area contributed by atoms with Crippen LogP contribution in [-0.4, -0.2) is 31.1 Å². The average Bonchev–Trinajstić information content (AvgIpc) is 2.98. The van der Waals surface area contributed by atoms with E-state index in [-0.39, 0.29) is 24.3 Å². The van der Waals surface area contributed by atoms with Crippen LogP contribution in [0.25, 0.3) is 0 Å². The monoisotopic (exact) mass is 304 g/mol. The summed E-state index contributed by atoms with van der Waals surface area (Å²) in [4.78, 5) is 23.8. The highest BCUT2D eigenvalue weighted by Crippen LogP contribution is 2.23. The number of para-hydroxylation sites is 1. The highest BCUT2D eigenvalue weighted by molar-refractivity contribution is 6.03. The zero-order valence-corrected chi connectivity index (χ0v) is 13.2. The highest BCUT2D eigenvalue weighted by atomic mass is 16.5. The lowest BCUT2D eigenvalue weighted by Crippen LogP contribution is -2.34. The lowest BCUT2D eigenvalue weighted by Gasteiger charge is -2.14. The van der Waals surface area contributed by atoms with Crippen molar-refractivity contribution in [2.75, 3.05) is 18.5 Å². The number of nitrogens with one attached hydrogen (secondary N) is 2. The minimum Gasteiger partial charge on any atom is -0.376 e. The Morgan fingerprint density at radius 1 is 1.27 bits per heavy atom. The van der Waals surface area contributed by atoms with Crippen LogP contribution in [0.4, 0.5) is 5.69 Å². The highest BCUT2D eigenvalue weighted by Gasteiger charge is 2.17. The van der Waals surface area contributed by atoms with Gasteiger partial charge in [-0.3, -0.25) is 9.59 Å². The lowest BCUT2D eigenvalue weighted by atomic mass is 10.0. The number of hydrogen-bond donors (Lipinski definition) is 2. The molecule has 1 fully saturated rings. The zero-order chi connectivity index (χ0) is 15.9. The van der Waals surface area contributed by atoms with Crippen LogP contribution in [0.1, 0.15) is 44.6 Å². The van der Waals surface area contributed by atoms with E-state index in [1.165, 1.54) is 0 Å². The van der Waals surface area contributed by atoms with Gasteiger partial charge >= 0.3 is 0 Å². The van der Waals surface area contributed by atoms with E-state index in [1.54, 1.807) is 0 Å². The molecule has 0 spiro atoms. The molecule has 5 heteroatoms. The summed E-state index contributed by atoms with van der Waals surface area (Å²) in [6, 6.07) is 7.66. The van der Waals surface area contributed by atoms with E-state index >= 15 is 0 Å². The van der Waals surface area contributed by atoms with E-state index in [0.717, 1.165) is 30.7 Å². The summed E-state index contributed by atoms with van der Waals surface area (Å²) in [6.45, 7) is 5.38. The number of carbonyl (C=O) groups excluding carboxylic acids is 2. The molecular formula is C17H24N2O3. The molecule has 0 aliphatic carbocycles. The molecule has 0 radical (unpaired) electrons. The second-order valence-electron chi connectivity index (χ2n) is 5.91. The topological polar surface area (TPSA) is 67.4 Å². The second kappa shape index (κ2) is 7.94. The van der Waals surface area contributed by atoms with Gasteiger partial charge in [0.05, 0.1) is 6.10 Å². The maximum atomic E-state index is 12.0. The van der Waals surface area contributed by atoms with Crippen molar-refractivity contribution in [3.8, 4) is 0 Å². The predicted octanol–water partition coefficient (Wildman–Crippen LogP) is 2.43. The number of carbonyl (C=O) groups is 2. The molecule has 2 rings (SSSR count). The molecule has 2 amide bonds. The van der Waals surface area contributed by atoms with E-state index in [9.17, 15) is 9.59 Å². The van der Waals surface area contributed by atoms with Crippen LogP contribution in [0.5, 0.6) is 0 Å². The lowest BCUT2D eigenvalue weighted by molar-refractivity contribution is -0.127. The first-order valence-electron chi connectivity index (χ1n) is 7.83. The summed E-state index contributed by atoms with van der Waals surface area (Å²) in [6.07, 6.45) is 1.93. The van der Waals surface area contributed by atoms with Crippen molar-refractivity contribution in [3.05, 3.63) is 29.8 Å². The number of amides is 2. The Kier molecular flexibility index (Phi) is 5.95. The third-order valence-electron chi connectivity index (χ3n) is 3.73. The van der Waals surface area contributed by atoms with Gasteiger partial charge in [-0.25, -0.2) is 0 Å². The predicted molar refractivity (Wildman–Crippen MR) is 85.8 cm³/mol. The van der Waals surface area contributed by atoms with Gasteiger partial charge in [-0.05, 0) is 30.4 Å². The van der Waals surface area contributed by atoms with Crippen LogP contribution in [0.3, 0.4) is 0 Å². The number of hydrogen-bond acceptors (Lipinski definition) is 3. The van der Waals surface area contributed by atoms with Gasteiger partial charge in [0.2, 0.25) is 11.8 Å². The van der Waals surface area contributed by atoms with E-state index in [2.05, 4.69) is 24.5 Å². The van der Waals surface area contributed by atoms with Gasteiger partial charge in [0.15, 0.2) is 0 Å². The van der Waals surface area contributed by atoms with Crippen LogP contribution in [0.15, 0.2) is 24.3 Å². The molecule has 1 heterocycles. The van der Waals surface area contributed by atoms with Gasteiger partial charge in [-0.2, -0.15) is 0 Å². The first-order chi connectivity index (χ1) is 10.6. The smallest absolute Gasteiger partial charge is 0.233 e. The maximum absolute atomic E-state index is 12.0. The number of ether oxygens (including phenoxy) is 1. The molecular weight excluding hydrogens is 280 g/mol. The molecule has 1 aliphatic heterocycles. The van der Waals surface area contributed by atoms with Gasteiger partial charge in [-0.1, -0.05) is 32.0 Å². The van der Waals surface area contributed by atoms with Crippen molar-refractivity contribution in [3.63, 3.8) is 0 Å². The summed E-state index contributed by atoms with van der Waals surface area (Å²) >= 11 is 0. The van der Waals surface area contributed by atoms with E-state index in [0.29, 0.717) is 12.5 Å². The van der Waals surface area contributed by atoms with E-state index < -0.39 is 0 Å². The first kappa shape index (κ1) is 16.5. The zero-order valence-electron chi connectivity index (χ0n) is 13.2. The number of anilines is 1. The largest absolute Gasteiger partial charge is 0.376 e. The molecule has 5 nitrogen and oxygen atoms in total. The van der Waals surface area contributed by atoms with Crippen molar-refractivity contribution in [1.29, 1.82) is 0 Å². The summed E-state index contributed by atoms with van der Waals surface area (Å²) < 4.78 is 5.43. The van der Waals surface area contributed by atoms with Gasteiger partial charge in [-0.15, -0.1) is 0 Å². The number of benzene rings is 1. The standard InChI is InChI=1S/C17H24N2O3/c1-12(2)14-7-3-4-8-15(14)19-17(21)10-16(20)18-11-13-6-5-9-22-13/h3-4,7-8,12-13H,5-6,9-11H2,1-2H3,(H,18,20)(H,19,21). The minimum absolute atomic E-state index is 0.0914. The summed E-state index contributed by atoms with van der Waals surface area (Å²) in [5.74, 6) is -0.252. The Morgan fingerprint density at radius 2 is 2.05 bits per heavy atom. The SMILES string of the molecule is CC(C)c1ccccc1NC(=O)CC(=O)NCC1CCCO1. The Hall–Kier alpha value is -1.88. The van der Waals surface area contributed by atoms with Gasteiger partial charge < -0.3 is 15.4 Å². The van der Waals surface area contributed by atoms with Crippen molar-refractivity contribution in [1.82, 2.24) is 5.32 Å². The van der Waals surface area contributed by atoms with Crippen LogP contribution in [0, 0.1) is 0 Å². The number of rotatable bonds is 6. The fourth-order valence-corrected chi connectivity index (χ4v) is 2.55. The second-order valence-corrected chi connectivity index (χ2v) is 5.91. The van der Waals surface area contributed by atoms with Crippen molar-refractivity contribution >= 4 is 17.5 Å². The van der Waals surface area contributed by atoms with Crippen LogP contribution >= 0.6 is 0 Å². The maximum Gasteiger partial charge on any atom is 0.233 e. The fraction of sp³-hybridized carbons (Fsp3) is 0.529. The summed E-state index contributed by atoms with van der Waals surface area (Å²) in [5.41, 5.74) is 1.84. The molecule has 0 saturated carbocycles. The molecule has 1 unspecified atom stereocenters. The normalized spacial score (nSPS) is 17.5. The molecule has 1 aliphatic rings. The van der Waals surface area contributed by atoms with Crippen molar-refractivity contribution in [2.45, 2.75) is 45.1 Å². The van der Waals surface area contributed by atoms with Crippen LogP contribution in [-0.2, 0) is 14.3 Å². The summed E-state index contributed by atoms with van der Waals surface area (Å²) in [5, 5.41) is 5.57. The molecule has 0 aromatic heterocycles. The molecule has 1 atom stereocenters. The average molecular weight is 304 g/mol.